The van der Waals surface area contributed by atoms with E-state index in [-0.39, 0.29) is 17.3 Å². The molecule has 8 nitrogen and oxygen atoms in total. The van der Waals surface area contributed by atoms with Crippen LogP contribution in [0.25, 0.3) is 5.69 Å². The number of anilines is 1. The Morgan fingerprint density at radius 1 is 1.12 bits per heavy atom. The van der Waals surface area contributed by atoms with E-state index in [1.54, 1.807) is 41.1 Å². The SMILES string of the molecule is CCc1c(C(=O)Nc2cccc(S(=O)(=O)NCc3ccco3)c2)cnn1-c1ccc(F)cc1. The molecule has 0 spiro atoms. The lowest BCUT2D eigenvalue weighted by Crippen LogP contribution is -2.23. The Balaban J connectivity index is 1.53. The largest absolute Gasteiger partial charge is 0.468 e. The fourth-order valence-corrected chi connectivity index (χ4v) is 4.35. The summed E-state index contributed by atoms with van der Waals surface area (Å²) in [6.45, 7) is 1.89. The molecule has 0 saturated carbocycles. The lowest BCUT2D eigenvalue weighted by molar-refractivity contribution is 0.102. The van der Waals surface area contributed by atoms with Gasteiger partial charge in [0.25, 0.3) is 5.91 Å². The highest BCUT2D eigenvalue weighted by Gasteiger charge is 2.19. The number of benzene rings is 2. The maximum absolute atomic E-state index is 13.3. The van der Waals surface area contributed by atoms with Crippen molar-refractivity contribution < 1.29 is 22.0 Å². The molecule has 1 amide bonds. The van der Waals surface area contributed by atoms with Gasteiger partial charge in [-0.1, -0.05) is 13.0 Å². The van der Waals surface area contributed by atoms with Gasteiger partial charge in [-0.05, 0) is 61.0 Å². The van der Waals surface area contributed by atoms with Crippen LogP contribution in [0.1, 0.15) is 28.7 Å². The fourth-order valence-electron chi connectivity index (χ4n) is 3.31. The maximum atomic E-state index is 13.3. The molecule has 0 aliphatic rings. The summed E-state index contributed by atoms with van der Waals surface area (Å²) in [5.41, 5.74) is 1.93. The molecule has 2 heterocycles. The smallest absolute Gasteiger partial charge is 0.259 e. The first-order valence-corrected chi connectivity index (χ1v) is 11.6. The van der Waals surface area contributed by atoms with Gasteiger partial charge in [-0.25, -0.2) is 22.2 Å². The molecule has 0 saturated heterocycles. The van der Waals surface area contributed by atoms with Crippen LogP contribution in [0.4, 0.5) is 10.1 Å². The van der Waals surface area contributed by atoms with Gasteiger partial charge in [0.1, 0.15) is 11.6 Å². The van der Waals surface area contributed by atoms with Gasteiger partial charge in [0, 0.05) is 5.69 Å². The standard InChI is InChI=1S/C23H21FN4O4S/c1-2-22-21(15-25-28(22)18-10-8-16(24)9-11-18)23(29)27-17-5-3-7-20(13-17)33(30,31)26-14-19-6-4-12-32-19/h3-13,15,26H,2,14H2,1H3,(H,27,29). The van der Waals surface area contributed by atoms with Gasteiger partial charge in [0.2, 0.25) is 10.0 Å². The van der Waals surface area contributed by atoms with E-state index in [4.69, 9.17) is 4.42 Å². The number of sulfonamides is 1. The number of hydrogen-bond donors (Lipinski definition) is 2. The molecule has 0 fully saturated rings. The number of hydrogen-bond acceptors (Lipinski definition) is 5. The summed E-state index contributed by atoms with van der Waals surface area (Å²) in [7, 11) is -3.82. The van der Waals surface area contributed by atoms with Crippen LogP contribution in [-0.4, -0.2) is 24.1 Å². The minimum atomic E-state index is -3.82. The van der Waals surface area contributed by atoms with Gasteiger partial charge >= 0.3 is 0 Å². The molecule has 0 bridgehead atoms. The molecule has 170 valence electrons. The Kier molecular flexibility index (Phi) is 6.38. The van der Waals surface area contributed by atoms with E-state index in [9.17, 15) is 17.6 Å². The van der Waals surface area contributed by atoms with Gasteiger partial charge in [-0.2, -0.15) is 5.10 Å². The van der Waals surface area contributed by atoms with E-state index in [2.05, 4.69) is 15.1 Å². The van der Waals surface area contributed by atoms with Crippen LogP contribution in [0.2, 0.25) is 0 Å². The molecular formula is C23H21FN4O4S. The number of furan rings is 1. The summed E-state index contributed by atoms with van der Waals surface area (Å²) in [6.07, 6.45) is 3.40. The van der Waals surface area contributed by atoms with E-state index in [1.165, 1.54) is 36.7 Å². The normalized spacial score (nSPS) is 11.5. The van der Waals surface area contributed by atoms with Crippen molar-refractivity contribution in [1.82, 2.24) is 14.5 Å². The topological polar surface area (TPSA) is 106 Å². The molecule has 4 rings (SSSR count). The second-order valence-electron chi connectivity index (χ2n) is 7.13. The molecular weight excluding hydrogens is 447 g/mol. The molecule has 2 N–H and O–H groups in total. The third-order valence-electron chi connectivity index (χ3n) is 4.94. The second kappa shape index (κ2) is 9.39. The number of halogens is 1. The Bertz CT molecular complexity index is 1360. The van der Waals surface area contributed by atoms with Crippen molar-refractivity contribution in [2.75, 3.05) is 5.32 Å². The van der Waals surface area contributed by atoms with Crippen LogP contribution in [0.5, 0.6) is 0 Å². The van der Waals surface area contributed by atoms with Gasteiger partial charge in [-0.3, -0.25) is 4.79 Å². The minimum absolute atomic E-state index is 0.00424. The summed E-state index contributed by atoms with van der Waals surface area (Å²) in [5, 5.41) is 7.00. The summed E-state index contributed by atoms with van der Waals surface area (Å²) in [4.78, 5) is 12.9. The summed E-state index contributed by atoms with van der Waals surface area (Å²) < 4.78 is 47.7. The van der Waals surface area contributed by atoms with E-state index in [0.717, 1.165) is 0 Å². The Morgan fingerprint density at radius 2 is 1.91 bits per heavy atom. The quantitative estimate of drug-likeness (QED) is 0.408. The predicted molar refractivity (Wildman–Crippen MR) is 120 cm³/mol. The molecule has 0 atom stereocenters. The maximum Gasteiger partial charge on any atom is 0.259 e. The van der Waals surface area contributed by atoms with Crippen LogP contribution < -0.4 is 10.0 Å². The van der Waals surface area contributed by atoms with Crippen molar-refractivity contribution in [2.24, 2.45) is 0 Å². The molecule has 0 aliphatic heterocycles. The lowest BCUT2D eigenvalue weighted by Gasteiger charge is -2.10. The van der Waals surface area contributed by atoms with Crippen molar-refractivity contribution in [3.05, 3.63) is 96.0 Å². The Labute approximate surface area is 190 Å². The van der Waals surface area contributed by atoms with Crippen molar-refractivity contribution in [2.45, 2.75) is 24.8 Å². The number of rotatable bonds is 8. The van der Waals surface area contributed by atoms with E-state index >= 15 is 0 Å². The number of nitrogens with one attached hydrogen (secondary N) is 2. The summed E-state index contributed by atoms with van der Waals surface area (Å²) in [6, 6.07) is 15.1. The number of aromatic nitrogens is 2. The van der Waals surface area contributed by atoms with E-state index < -0.39 is 15.9 Å². The predicted octanol–water partition coefficient (Wildman–Crippen LogP) is 3.90. The third-order valence-corrected chi connectivity index (χ3v) is 6.34. The minimum Gasteiger partial charge on any atom is -0.468 e. The number of nitrogens with zero attached hydrogens (tertiary/aromatic N) is 2. The van der Waals surface area contributed by atoms with Gasteiger partial charge in [-0.15, -0.1) is 0 Å². The molecule has 0 unspecified atom stereocenters. The molecule has 4 aromatic rings. The molecule has 2 aromatic carbocycles. The number of amides is 1. The molecule has 0 radical (unpaired) electrons. The first kappa shape index (κ1) is 22.4. The highest BCUT2D eigenvalue weighted by Crippen LogP contribution is 2.20. The van der Waals surface area contributed by atoms with Gasteiger partial charge in [0.15, 0.2) is 0 Å². The molecule has 2 aromatic heterocycles. The van der Waals surface area contributed by atoms with Crippen LogP contribution in [0.3, 0.4) is 0 Å². The average molecular weight is 469 g/mol. The zero-order valence-electron chi connectivity index (χ0n) is 17.7. The zero-order valence-corrected chi connectivity index (χ0v) is 18.5. The lowest BCUT2D eigenvalue weighted by atomic mass is 10.2. The monoisotopic (exact) mass is 468 g/mol. The second-order valence-corrected chi connectivity index (χ2v) is 8.90. The zero-order chi connectivity index (χ0) is 23.4. The first-order valence-electron chi connectivity index (χ1n) is 10.1. The number of carbonyl (C=O) groups is 1. The first-order chi connectivity index (χ1) is 15.9. The van der Waals surface area contributed by atoms with Gasteiger partial charge < -0.3 is 9.73 Å². The highest BCUT2D eigenvalue weighted by atomic mass is 32.2. The summed E-state index contributed by atoms with van der Waals surface area (Å²) in [5.74, 6) is -0.318. The molecule has 33 heavy (non-hydrogen) atoms. The van der Waals surface area contributed by atoms with Crippen LogP contribution >= 0.6 is 0 Å². The average Bonchev–Trinajstić information content (AvgIpc) is 3.48. The van der Waals surface area contributed by atoms with Crippen molar-refractivity contribution in [3.8, 4) is 5.69 Å². The summed E-state index contributed by atoms with van der Waals surface area (Å²) >= 11 is 0. The highest BCUT2D eigenvalue weighted by molar-refractivity contribution is 7.89. The van der Waals surface area contributed by atoms with Crippen LogP contribution in [0, 0.1) is 5.82 Å². The Morgan fingerprint density at radius 3 is 2.61 bits per heavy atom. The van der Waals surface area contributed by atoms with Crippen LogP contribution in [-0.2, 0) is 23.0 Å². The van der Waals surface area contributed by atoms with E-state index in [1.807, 2.05) is 6.92 Å². The third kappa shape index (κ3) is 5.02. The number of carbonyl (C=O) groups excluding carboxylic acids is 1. The van der Waals surface area contributed by atoms with Gasteiger partial charge in [0.05, 0.1) is 40.8 Å². The molecule has 10 heteroatoms. The van der Waals surface area contributed by atoms with Crippen molar-refractivity contribution >= 4 is 21.6 Å². The van der Waals surface area contributed by atoms with E-state index in [0.29, 0.717) is 34.8 Å². The van der Waals surface area contributed by atoms with Crippen molar-refractivity contribution in [3.63, 3.8) is 0 Å². The van der Waals surface area contributed by atoms with Crippen molar-refractivity contribution in [1.29, 1.82) is 0 Å². The molecule has 0 aliphatic carbocycles. The van der Waals surface area contributed by atoms with Crippen LogP contribution in [0.15, 0.2) is 82.4 Å². The Hall–Kier alpha value is -3.76. The fraction of sp³-hybridized carbons (Fsp3) is 0.130.